The molecule has 126 valence electrons. The lowest BCUT2D eigenvalue weighted by molar-refractivity contribution is -0.125. The Morgan fingerprint density at radius 3 is 2.09 bits per heavy atom. The van der Waals surface area contributed by atoms with E-state index in [4.69, 9.17) is 15.2 Å². The molecular weight excluding hydrogens is 304 g/mol. The number of nitrogens with two attached hydrogens (primary N) is 1. The number of aryl methyl sites for hydroxylation is 1. The highest BCUT2D eigenvalue weighted by molar-refractivity contribution is 5.96. The molecular formula is C16H27ClN2O3. The normalized spacial score (nSPS) is 10.6. The van der Waals surface area contributed by atoms with Gasteiger partial charge in [-0.1, -0.05) is 13.8 Å². The Hall–Kier alpha value is -1.46. The number of halogens is 1. The molecule has 1 aromatic rings. The van der Waals surface area contributed by atoms with Crippen LogP contribution in [0, 0.1) is 12.3 Å². The number of carbonyl (C=O) groups excluding carboxylic acids is 1. The summed E-state index contributed by atoms with van der Waals surface area (Å²) in [6.07, 6.45) is 1.41. The van der Waals surface area contributed by atoms with Gasteiger partial charge in [-0.15, -0.1) is 12.4 Å². The van der Waals surface area contributed by atoms with E-state index in [2.05, 4.69) is 5.32 Å². The number of rotatable bonds is 7. The molecule has 5 nitrogen and oxygen atoms in total. The van der Waals surface area contributed by atoms with Crippen molar-refractivity contribution < 1.29 is 14.3 Å². The molecule has 0 aliphatic carbocycles. The average Bonchev–Trinajstić information content (AvgIpc) is 2.51. The number of hydrogen-bond acceptors (Lipinski definition) is 4. The van der Waals surface area contributed by atoms with Gasteiger partial charge in [0.2, 0.25) is 5.91 Å². The first-order valence-electron chi connectivity index (χ1n) is 7.22. The molecule has 1 rings (SSSR count). The smallest absolute Gasteiger partial charge is 0.231 e. The number of ether oxygens (including phenoxy) is 2. The minimum atomic E-state index is -0.528. The lowest BCUT2D eigenvalue weighted by Gasteiger charge is -2.29. The molecule has 0 spiro atoms. The van der Waals surface area contributed by atoms with Gasteiger partial charge in [-0.05, 0) is 31.4 Å². The van der Waals surface area contributed by atoms with Crippen LogP contribution in [-0.2, 0) is 4.79 Å². The van der Waals surface area contributed by atoms with Gasteiger partial charge in [0.05, 0.1) is 19.6 Å². The van der Waals surface area contributed by atoms with E-state index in [-0.39, 0.29) is 18.3 Å². The summed E-state index contributed by atoms with van der Waals surface area (Å²) in [7, 11) is 3.16. The number of hydrogen-bond donors (Lipinski definition) is 2. The van der Waals surface area contributed by atoms with Crippen molar-refractivity contribution in [3.8, 4) is 11.5 Å². The molecule has 0 aromatic heterocycles. The van der Waals surface area contributed by atoms with Gasteiger partial charge < -0.3 is 20.5 Å². The highest BCUT2D eigenvalue weighted by atomic mass is 35.5. The first kappa shape index (κ1) is 20.5. The van der Waals surface area contributed by atoms with Gasteiger partial charge in [0.25, 0.3) is 0 Å². The van der Waals surface area contributed by atoms with Crippen LogP contribution in [0.15, 0.2) is 12.1 Å². The average molecular weight is 331 g/mol. The van der Waals surface area contributed by atoms with Crippen molar-refractivity contribution in [2.75, 3.05) is 26.1 Å². The van der Waals surface area contributed by atoms with Crippen molar-refractivity contribution >= 4 is 24.0 Å². The van der Waals surface area contributed by atoms with E-state index >= 15 is 0 Å². The third-order valence-corrected chi connectivity index (χ3v) is 4.20. The Labute approximate surface area is 139 Å². The number of nitrogens with one attached hydrogen (secondary N) is 1. The minimum Gasteiger partial charge on any atom is -0.493 e. The van der Waals surface area contributed by atoms with E-state index in [1.807, 2.05) is 26.8 Å². The third-order valence-electron chi connectivity index (χ3n) is 4.20. The summed E-state index contributed by atoms with van der Waals surface area (Å²) in [5.41, 5.74) is 6.93. The van der Waals surface area contributed by atoms with Crippen molar-refractivity contribution in [2.24, 2.45) is 11.1 Å². The van der Waals surface area contributed by atoms with Gasteiger partial charge in [0, 0.05) is 18.3 Å². The summed E-state index contributed by atoms with van der Waals surface area (Å²) >= 11 is 0. The van der Waals surface area contributed by atoms with Crippen molar-refractivity contribution in [1.29, 1.82) is 0 Å². The zero-order chi connectivity index (χ0) is 16.0. The van der Waals surface area contributed by atoms with Crippen molar-refractivity contribution in [1.82, 2.24) is 0 Å². The zero-order valence-corrected chi connectivity index (χ0v) is 14.8. The van der Waals surface area contributed by atoms with Crippen LogP contribution in [0.3, 0.4) is 0 Å². The summed E-state index contributed by atoms with van der Waals surface area (Å²) in [5, 5.41) is 2.98. The Bertz CT molecular complexity index is 494. The van der Waals surface area contributed by atoms with Crippen LogP contribution in [0.2, 0.25) is 0 Å². The quantitative estimate of drug-likeness (QED) is 0.805. The van der Waals surface area contributed by atoms with Crippen molar-refractivity contribution in [3.63, 3.8) is 0 Å². The van der Waals surface area contributed by atoms with Crippen LogP contribution in [0.1, 0.15) is 32.3 Å². The Balaban J connectivity index is 0.00000441. The highest BCUT2D eigenvalue weighted by Gasteiger charge is 2.33. The van der Waals surface area contributed by atoms with Crippen LogP contribution < -0.4 is 20.5 Å². The van der Waals surface area contributed by atoms with E-state index in [9.17, 15) is 4.79 Å². The fraction of sp³-hybridized carbons (Fsp3) is 0.562. The molecule has 0 bridgehead atoms. The fourth-order valence-electron chi connectivity index (χ4n) is 2.32. The summed E-state index contributed by atoms with van der Waals surface area (Å²) in [6.45, 7) is 6.21. The predicted molar refractivity (Wildman–Crippen MR) is 92.2 cm³/mol. The standard InChI is InChI=1S/C16H26N2O3.ClH/c1-6-16(7-2,10-17)15(19)18-12-9-14(21-5)13(20-4)8-11(12)3;/h8-9H,6-7,10,17H2,1-5H3,(H,18,19);1H. The maximum absolute atomic E-state index is 12.6. The molecule has 0 aliphatic heterocycles. The molecule has 0 aliphatic rings. The Morgan fingerprint density at radius 2 is 1.68 bits per heavy atom. The lowest BCUT2D eigenvalue weighted by atomic mass is 9.81. The van der Waals surface area contributed by atoms with Gasteiger partial charge in [-0.25, -0.2) is 0 Å². The number of anilines is 1. The Kier molecular flexibility index (Phi) is 8.27. The van der Waals surface area contributed by atoms with Crippen LogP contribution in [0.5, 0.6) is 11.5 Å². The largest absolute Gasteiger partial charge is 0.493 e. The predicted octanol–water partition coefficient (Wildman–Crippen LogP) is 3.14. The van der Waals surface area contributed by atoms with Crippen LogP contribution >= 0.6 is 12.4 Å². The molecule has 3 N–H and O–H groups in total. The number of amides is 1. The van der Waals surface area contributed by atoms with E-state index in [0.29, 0.717) is 30.9 Å². The Morgan fingerprint density at radius 1 is 1.18 bits per heavy atom. The molecule has 6 heteroatoms. The first-order chi connectivity index (χ1) is 9.97. The van der Waals surface area contributed by atoms with E-state index in [0.717, 1.165) is 11.3 Å². The molecule has 1 amide bonds. The van der Waals surface area contributed by atoms with Crippen LogP contribution in [0.25, 0.3) is 0 Å². The maximum atomic E-state index is 12.6. The van der Waals surface area contributed by atoms with E-state index in [1.54, 1.807) is 20.3 Å². The summed E-state index contributed by atoms with van der Waals surface area (Å²) in [6, 6.07) is 3.62. The first-order valence-corrected chi connectivity index (χ1v) is 7.22. The topological polar surface area (TPSA) is 73.6 Å². The van der Waals surface area contributed by atoms with Crippen molar-refractivity contribution in [2.45, 2.75) is 33.6 Å². The van der Waals surface area contributed by atoms with E-state index in [1.165, 1.54) is 0 Å². The third kappa shape index (κ3) is 4.05. The molecule has 0 saturated carbocycles. The minimum absolute atomic E-state index is 0. The van der Waals surface area contributed by atoms with Gasteiger partial charge in [0.15, 0.2) is 11.5 Å². The van der Waals surface area contributed by atoms with Crippen LogP contribution in [-0.4, -0.2) is 26.7 Å². The monoisotopic (exact) mass is 330 g/mol. The summed E-state index contributed by atoms with van der Waals surface area (Å²) < 4.78 is 10.5. The summed E-state index contributed by atoms with van der Waals surface area (Å²) in [4.78, 5) is 12.6. The molecule has 0 fully saturated rings. The number of carbonyl (C=O) groups is 1. The molecule has 0 radical (unpaired) electrons. The lowest BCUT2D eigenvalue weighted by Crippen LogP contribution is -2.41. The molecule has 0 saturated heterocycles. The van der Waals surface area contributed by atoms with E-state index < -0.39 is 5.41 Å². The second-order valence-electron chi connectivity index (χ2n) is 5.17. The summed E-state index contributed by atoms with van der Waals surface area (Å²) in [5.74, 6) is 1.18. The molecule has 0 heterocycles. The SMILES string of the molecule is CCC(CC)(CN)C(=O)Nc1cc(OC)c(OC)cc1C.Cl. The second kappa shape index (κ2) is 8.86. The van der Waals surface area contributed by atoms with Crippen molar-refractivity contribution in [3.05, 3.63) is 17.7 Å². The van der Waals surface area contributed by atoms with Gasteiger partial charge in [-0.2, -0.15) is 0 Å². The highest BCUT2D eigenvalue weighted by Crippen LogP contribution is 2.34. The molecule has 22 heavy (non-hydrogen) atoms. The van der Waals surface area contributed by atoms with Gasteiger partial charge in [0.1, 0.15) is 0 Å². The van der Waals surface area contributed by atoms with Gasteiger partial charge in [-0.3, -0.25) is 4.79 Å². The van der Waals surface area contributed by atoms with Crippen LogP contribution in [0.4, 0.5) is 5.69 Å². The fourth-order valence-corrected chi connectivity index (χ4v) is 2.32. The molecule has 0 unspecified atom stereocenters. The molecule has 1 aromatic carbocycles. The number of methoxy groups -OCH3 is 2. The maximum Gasteiger partial charge on any atom is 0.231 e. The molecule has 0 atom stereocenters. The second-order valence-corrected chi connectivity index (χ2v) is 5.17. The van der Waals surface area contributed by atoms with Gasteiger partial charge >= 0.3 is 0 Å². The number of benzene rings is 1. The zero-order valence-electron chi connectivity index (χ0n) is 14.0.